The number of carboxylic acid groups (broad SMARTS) is 1. The summed E-state index contributed by atoms with van der Waals surface area (Å²) in [6.07, 6.45) is 1.69. The second-order valence-electron chi connectivity index (χ2n) is 3.26. The first-order valence-electron chi connectivity index (χ1n) is 4.30. The lowest BCUT2D eigenvalue weighted by atomic mass is 9.85. The molecule has 14 heavy (non-hydrogen) atoms. The van der Waals surface area contributed by atoms with Crippen molar-refractivity contribution in [3.8, 4) is 0 Å². The van der Waals surface area contributed by atoms with E-state index in [1.807, 2.05) is 0 Å². The first-order chi connectivity index (χ1) is 6.68. The first kappa shape index (κ1) is 9.45. The second-order valence-corrected chi connectivity index (χ2v) is 4.47. The largest absolute Gasteiger partial charge is 0.481 e. The highest BCUT2D eigenvalue weighted by molar-refractivity contribution is 7.99. The molecule has 0 radical (unpaired) electrons. The summed E-state index contributed by atoms with van der Waals surface area (Å²) in [6, 6.07) is 0. The second kappa shape index (κ2) is 3.56. The molecule has 1 aliphatic rings. The molecule has 2 unspecified atom stereocenters. The van der Waals surface area contributed by atoms with E-state index in [-0.39, 0.29) is 11.2 Å². The van der Waals surface area contributed by atoms with E-state index in [9.17, 15) is 4.79 Å². The van der Waals surface area contributed by atoms with Crippen LogP contribution in [0, 0.1) is 5.92 Å². The number of tetrazole rings is 1. The van der Waals surface area contributed by atoms with Crippen LogP contribution in [0.25, 0.3) is 0 Å². The van der Waals surface area contributed by atoms with Crippen molar-refractivity contribution in [1.29, 1.82) is 0 Å². The number of hydrogen-bond acceptors (Lipinski definition) is 5. The van der Waals surface area contributed by atoms with Crippen LogP contribution in [0.2, 0.25) is 0 Å². The number of aromatic nitrogens is 4. The van der Waals surface area contributed by atoms with Gasteiger partial charge in [0.25, 0.3) is 0 Å². The van der Waals surface area contributed by atoms with E-state index in [0.29, 0.717) is 5.16 Å². The van der Waals surface area contributed by atoms with Gasteiger partial charge in [-0.15, -0.1) is 5.10 Å². The van der Waals surface area contributed by atoms with Crippen molar-refractivity contribution < 1.29 is 9.90 Å². The predicted molar refractivity (Wildman–Crippen MR) is 48.8 cm³/mol. The van der Waals surface area contributed by atoms with Crippen LogP contribution in [0.1, 0.15) is 12.8 Å². The van der Waals surface area contributed by atoms with E-state index < -0.39 is 5.97 Å². The van der Waals surface area contributed by atoms with Gasteiger partial charge in [0.05, 0.1) is 5.92 Å². The highest BCUT2D eigenvalue weighted by Crippen LogP contribution is 2.40. The third-order valence-electron chi connectivity index (χ3n) is 2.37. The fraction of sp³-hybridized carbons (Fsp3) is 0.714. The normalized spacial score (nSPS) is 25.8. The lowest BCUT2D eigenvalue weighted by Gasteiger charge is -2.31. The topological polar surface area (TPSA) is 80.9 Å². The number of aryl methyl sites for hydroxylation is 1. The number of thioether (sulfide) groups is 1. The van der Waals surface area contributed by atoms with Gasteiger partial charge in [-0.25, -0.2) is 4.68 Å². The maximum absolute atomic E-state index is 10.7. The molecule has 0 saturated heterocycles. The van der Waals surface area contributed by atoms with E-state index in [0.717, 1.165) is 12.8 Å². The van der Waals surface area contributed by atoms with Crippen molar-refractivity contribution in [2.45, 2.75) is 23.2 Å². The van der Waals surface area contributed by atoms with E-state index in [4.69, 9.17) is 5.11 Å². The molecule has 0 bridgehead atoms. The SMILES string of the molecule is Cn1nnnc1SC1CCC1C(=O)O. The maximum Gasteiger partial charge on any atom is 0.307 e. The fourth-order valence-electron chi connectivity index (χ4n) is 1.35. The Bertz CT molecular complexity index is 353. The van der Waals surface area contributed by atoms with Gasteiger partial charge < -0.3 is 5.11 Å². The summed E-state index contributed by atoms with van der Waals surface area (Å²) in [5.74, 6) is -0.958. The van der Waals surface area contributed by atoms with Gasteiger partial charge in [0.1, 0.15) is 0 Å². The Morgan fingerprint density at radius 2 is 2.43 bits per heavy atom. The molecule has 1 aromatic rings. The highest BCUT2D eigenvalue weighted by Gasteiger charge is 2.38. The smallest absolute Gasteiger partial charge is 0.307 e. The average Bonchev–Trinajstić information content (AvgIpc) is 2.44. The fourth-order valence-corrected chi connectivity index (χ4v) is 2.56. The lowest BCUT2D eigenvalue weighted by molar-refractivity contribution is -0.144. The van der Waals surface area contributed by atoms with Crippen molar-refractivity contribution in [3.63, 3.8) is 0 Å². The van der Waals surface area contributed by atoms with Gasteiger partial charge in [0, 0.05) is 12.3 Å². The van der Waals surface area contributed by atoms with Crippen LogP contribution in [-0.2, 0) is 11.8 Å². The Kier molecular flexibility index (Phi) is 2.40. The minimum Gasteiger partial charge on any atom is -0.481 e. The molecule has 7 heteroatoms. The molecule has 0 spiro atoms. The molecule has 0 amide bonds. The molecule has 2 atom stereocenters. The van der Waals surface area contributed by atoms with E-state index in [2.05, 4.69) is 15.5 Å². The van der Waals surface area contributed by atoms with Gasteiger partial charge in [0.2, 0.25) is 5.16 Å². The quantitative estimate of drug-likeness (QED) is 0.772. The first-order valence-corrected chi connectivity index (χ1v) is 5.18. The van der Waals surface area contributed by atoms with Gasteiger partial charge in [-0.2, -0.15) is 0 Å². The Labute approximate surface area is 84.7 Å². The zero-order valence-corrected chi connectivity index (χ0v) is 8.44. The molecule has 0 aromatic carbocycles. The average molecular weight is 214 g/mol. The summed E-state index contributed by atoms with van der Waals surface area (Å²) in [5.41, 5.74) is 0. The van der Waals surface area contributed by atoms with Crippen molar-refractivity contribution in [2.24, 2.45) is 13.0 Å². The number of carbonyl (C=O) groups is 1. The van der Waals surface area contributed by atoms with Gasteiger partial charge >= 0.3 is 5.97 Å². The van der Waals surface area contributed by atoms with Crippen molar-refractivity contribution >= 4 is 17.7 Å². The van der Waals surface area contributed by atoms with Crippen LogP contribution in [0.4, 0.5) is 0 Å². The molecule has 1 N–H and O–H groups in total. The molecule has 1 heterocycles. The van der Waals surface area contributed by atoms with E-state index >= 15 is 0 Å². The van der Waals surface area contributed by atoms with Gasteiger partial charge in [-0.3, -0.25) is 4.79 Å². The number of hydrogen-bond donors (Lipinski definition) is 1. The third-order valence-corrected chi connectivity index (χ3v) is 3.79. The summed E-state index contributed by atoms with van der Waals surface area (Å²) in [6.45, 7) is 0. The van der Waals surface area contributed by atoms with Gasteiger partial charge in [-0.05, 0) is 23.3 Å². The molecular weight excluding hydrogens is 204 g/mol. The van der Waals surface area contributed by atoms with E-state index in [1.165, 1.54) is 11.8 Å². The van der Waals surface area contributed by atoms with Crippen LogP contribution in [-0.4, -0.2) is 36.5 Å². The molecule has 1 aliphatic carbocycles. The zero-order valence-electron chi connectivity index (χ0n) is 7.62. The van der Waals surface area contributed by atoms with Gasteiger partial charge in [-0.1, -0.05) is 11.8 Å². The number of nitrogens with zero attached hydrogens (tertiary/aromatic N) is 4. The molecule has 1 aromatic heterocycles. The zero-order chi connectivity index (χ0) is 10.1. The summed E-state index contributed by atoms with van der Waals surface area (Å²) >= 11 is 1.45. The third kappa shape index (κ3) is 1.59. The molecule has 1 fully saturated rings. The van der Waals surface area contributed by atoms with Crippen LogP contribution in [0.3, 0.4) is 0 Å². The Balaban J connectivity index is 1.99. The highest BCUT2D eigenvalue weighted by atomic mass is 32.2. The predicted octanol–water partition coefficient (Wildman–Crippen LogP) is 0.165. The minimum absolute atomic E-state index is 0.122. The minimum atomic E-state index is -0.719. The van der Waals surface area contributed by atoms with Crippen LogP contribution in [0.5, 0.6) is 0 Å². The molecule has 1 saturated carbocycles. The standard InChI is InChI=1S/C7H10N4O2S/c1-11-7(8-9-10-11)14-5-3-2-4(5)6(12)13/h4-5H,2-3H2,1H3,(H,12,13). The molecule has 2 rings (SSSR count). The number of aliphatic carboxylic acids is 1. The molecular formula is C7H10N4O2S. The summed E-state index contributed by atoms with van der Waals surface area (Å²) in [5, 5.41) is 20.6. The Morgan fingerprint density at radius 3 is 2.86 bits per heavy atom. The number of rotatable bonds is 3. The monoisotopic (exact) mass is 214 g/mol. The van der Waals surface area contributed by atoms with Crippen LogP contribution >= 0.6 is 11.8 Å². The summed E-state index contributed by atoms with van der Waals surface area (Å²) in [7, 11) is 1.75. The number of carboxylic acids is 1. The van der Waals surface area contributed by atoms with Gasteiger partial charge in [0.15, 0.2) is 0 Å². The molecule has 6 nitrogen and oxygen atoms in total. The summed E-state index contributed by atoms with van der Waals surface area (Å²) in [4.78, 5) is 10.7. The Hall–Kier alpha value is -1.11. The van der Waals surface area contributed by atoms with Crippen molar-refractivity contribution in [3.05, 3.63) is 0 Å². The summed E-state index contributed by atoms with van der Waals surface area (Å²) < 4.78 is 1.56. The van der Waals surface area contributed by atoms with Crippen LogP contribution < -0.4 is 0 Å². The van der Waals surface area contributed by atoms with Crippen molar-refractivity contribution in [1.82, 2.24) is 20.2 Å². The van der Waals surface area contributed by atoms with E-state index in [1.54, 1.807) is 11.7 Å². The Morgan fingerprint density at radius 1 is 1.64 bits per heavy atom. The van der Waals surface area contributed by atoms with Crippen molar-refractivity contribution in [2.75, 3.05) is 0 Å². The van der Waals surface area contributed by atoms with Crippen LogP contribution in [0.15, 0.2) is 5.16 Å². The maximum atomic E-state index is 10.7. The molecule has 76 valence electrons. The lowest BCUT2D eigenvalue weighted by Crippen LogP contribution is -2.35. The molecule has 0 aliphatic heterocycles.